The molecule has 0 heteroatoms. The molecule has 112 valence electrons. The van der Waals surface area contributed by atoms with Crippen LogP contribution in [-0.2, 0) is 5.41 Å². The summed E-state index contributed by atoms with van der Waals surface area (Å²) >= 11 is 0. The van der Waals surface area contributed by atoms with Gasteiger partial charge in [0.05, 0.1) is 0 Å². The molecule has 1 aliphatic carbocycles. The second kappa shape index (κ2) is 5.89. The highest BCUT2D eigenvalue weighted by atomic mass is 14.5. The van der Waals surface area contributed by atoms with Gasteiger partial charge in [-0.2, -0.15) is 0 Å². The van der Waals surface area contributed by atoms with Crippen molar-refractivity contribution in [2.45, 2.75) is 17.8 Å². The first-order chi connectivity index (χ1) is 11.4. The van der Waals surface area contributed by atoms with E-state index in [1.807, 2.05) is 0 Å². The summed E-state index contributed by atoms with van der Waals surface area (Å²) in [5.41, 5.74) is 4.16. The monoisotopic (exact) mass is 296 g/mol. The summed E-state index contributed by atoms with van der Waals surface area (Å²) < 4.78 is 0. The van der Waals surface area contributed by atoms with E-state index in [1.54, 1.807) is 0 Å². The van der Waals surface area contributed by atoms with Crippen molar-refractivity contribution in [3.63, 3.8) is 0 Å². The van der Waals surface area contributed by atoms with Gasteiger partial charge in [0.25, 0.3) is 0 Å². The Kier molecular flexibility index (Phi) is 3.59. The minimum absolute atomic E-state index is 0.0100. The van der Waals surface area contributed by atoms with Crippen molar-refractivity contribution in [2.24, 2.45) is 0 Å². The van der Waals surface area contributed by atoms with Crippen molar-refractivity contribution in [1.82, 2.24) is 0 Å². The number of hydrogen-bond acceptors (Lipinski definition) is 0. The Hall–Kier alpha value is -2.60. The number of benzene rings is 3. The van der Waals surface area contributed by atoms with Gasteiger partial charge in [-0.25, -0.2) is 0 Å². The zero-order valence-electron chi connectivity index (χ0n) is 13.1. The van der Waals surface area contributed by atoms with Crippen molar-refractivity contribution in [3.8, 4) is 0 Å². The Morgan fingerprint density at radius 2 is 1.09 bits per heavy atom. The fourth-order valence-electron chi connectivity index (χ4n) is 3.97. The summed E-state index contributed by atoms with van der Waals surface area (Å²) in [4.78, 5) is 0. The minimum Gasteiger partial charge on any atom is -0.0866 e. The average molecular weight is 296 g/mol. The van der Waals surface area contributed by atoms with Crippen molar-refractivity contribution < 1.29 is 0 Å². The van der Waals surface area contributed by atoms with E-state index in [-0.39, 0.29) is 5.41 Å². The van der Waals surface area contributed by atoms with E-state index in [4.69, 9.17) is 0 Å². The maximum Gasteiger partial charge on any atom is 0.0340 e. The van der Waals surface area contributed by atoms with Crippen LogP contribution in [0.1, 0.15) is 29.0 Å². The van der Waals surface area contributed by atoms with Gasteiger partial charge < -0.3 is 0 Å². The van der Waals surface area contributed by atoms with Crippen LogP contribution in [-0.4, -0.2) is 0 Å². The summed E-state index contributed by atoms with van der Waals surface area (Å²) in [5, 5.41) is 0. The molecule has 23 heavy (non-hydrogen) atoms. The lowest BCUT2D eigenvalue weighted by atomic mass is 9.65. The minimum atomic E-state index is -0.0100. The van der Waals surface area contributed by atoms with Gasteiger partial charge in [0.2, 0.25) is 0 Å². The third-order valence-electron chi connectivity index (χ3n) is 5.04. The zero-order chi connectivity index (χ0) is 15.5. The lowest BCUT2D eigenvalue weighted by Crippen LogP contribution is -2.31. The van der Waals surface area contributed by atoms with Gasteiger partial charge in [-0.3, -0.25) is 0 Å². The molecule has 0 saturated carbocycles. The molecule has 3 aromatic rings. The smallest absolute Gasteiger partial charge is 0.0340 e. The van der Waals surface area contributed by atoms with Gasteiger partial charge in [-0.1, -0.05) is 103 Å². The van der Waals surface area contributed by atoms with Crippen molar-refractivity contribution in [1.29, 1.82) is 0 Å². The Labute approximate surface area is 138 Å². The fraction of sp³-hybridized carbons (Fsp3) is 0.130. The van der Waals surface area contributed by atoms with Crippen LogP contribution in [0.25, 0.3) is 0 Å². The maximum absolute atomic E-state index is 2.38. The molecule has 0 radical (unpaired) electrons. The Morgan fingerprint density at radius 3 is 1.61 bits per heavy atom. The van der Waals surface area contributed by atoms with Crippen LogP contribution in [0, 0.1) is 0 Å². The normalized spacial score (nSPS) is 18.9. The van der Waals surface area contributed by atoms with Gasteiger partial charge in [-0.15, -0.1) is 0 Å². The van der Waals surface area contributed by atoms with Crippen LogP contribution in [0.5, 0.6) is 0 Å². The topological polar surface area (TPSA) is 0 Å². The van der Waals surface area contributed by atoms with Gasteiger partial charge in [0, 0.05) is 11.3 Å². The molecule has 0 heterocycles. The summed E-state index contributed by atoms with van der Waals surface area (Å²) in [6.45, 7) is 0. The van der Waals surface area contributed by atoms with E-state index in [2.05, 4.69) is 103 Å². The summed E-state index contributed by atoms with van der Waals surface area (Å²) in [5.74, 6) is 0.369. The average Bonchev–Trinajstić information content (AvgIpc) is 3.10. The van der Waals surface area contributed by atoms with Gasteiger partial charge in [0.1, 0.15) is 0 Å². The molecule has 0 saturated heterocycles. The predicted molar refractivity (Wildman–Crippen MR) is 96.6 cm³/mol. The predicted octanol–water partition coefficient (Wildman–Crippen LogP) is 5.72. The van der Waals surface area contributed by atoms with Crippen molar-refractivity contribution >= 4 is 0 Å². The lowest BCUT2D eigenvalue weighted by molar-refractivity contribution is 0.496. The molecule has 0 unspecified atom stereocenters. The van der Waals surface area contributed by atoms with Gasteiger partial charge in [-0.05, 0) is 23.1 Å². The molecular weight excluding hydrogens is 276 g/mol. The molecule has 0 nitrogen and oxygen atoms in total. The van der Waals surface area contributed by atoms with E-state index >= 15 is 0 Å². The van der Waals surface area contributed by atoms with Gasteiger partial charge >= 0.3 is 0 Å². The highest BCUT2D eigenvalue weighted by Gasteiger charge is 2.43. The SMILES string of the molecule is C1=C[C@H](c2ccccc2)C(c2ccccc2)(c2ccccc2)C1. The quantitative estimate of drug-likeness (QED) is 0.542. The first-order valence-corrected chi connectivity index (χ1v) is 8.24. The van der Waals surface area contributed by atoms with Crippen LogP contribution in [0.2, 0.25) is 0 Å². The second-order valence-corrected chi connectivity index (χ2v) is 6.22. The molecule has 0 aromatic heterocycles. The van der Waals surface area contributed by atoms with Crippen molar-refractivity contribution in [3.05, 3.63) is 120 Å². The third-order valence-corrected chi connectivity index (χ3v) is 5.04. The highest BCUT2D eigenvalue weighted by Crippen LogP contribution is 2.51. The molecule has 1 aliphatic rings. The zero-order valence-corrected chi connectivity index (χ0v) is 13.1. The highest BCUT2D eigenvalue weighted by molar-refractivity contribution is 5.50. The molecule has 3 aromatic carbocycles. The van der Waals surface area contributed by atoms with Crippen LogP contribution >= 0.6 is 0 Å². The first kappa shape index (κ1) is 14.0. The van der Waals surface area contributed by atoms with Crippen LogP contribution in [0.15, 0.2) is 103 Å². The van der Waals surface area contributed by atoms with E-state index < -0.39 is 0 Å². The Morgan fingerprint density at radius 1 is 0.609 bits per heavy atom. The molecule has 0 aliphatic heterocycles. The van der Waals surface area contributed by atoms with Crippen LogP contribution in [0.3, 0.4) is 0 Å². The lowest BCUT2D eigenvalue weighted by Gasteiger charge is -2.37. The first-order valence-electron chi connectivity index (χ1n) is 8.24. The molecule has 0 amide bonds. The summed E-state index contributed by atoms with van der Waals surface area (Å²) in [6.07, 6.45) is 5.77. The van der Waals surface area contributed by atoms with Gasteiger partial charge in [0.15, 0.2) is 0 Å². The molecule has 1 atom stereocenters. The van der Waals surface area contributed by atoms with Crippen LogP contribution < -0.4 is 0 Å². The molecular formula is C23H20. The van der Waals surface area contributed by atoms with Crippen molar-refractivity contribution in [2.75, 3.05) is 0 Å². The van der Waals surface area contributed by atoms with Crippen LogP contribution in [0.4, 0.5) is 0 Å². The fourth-order valence-corrected chi connectivity index (χ4v) is 3.97. The summed E-state index contributed by atoms with van der Waals surface area (Å²) in [6, 6.07) is 32.8. The van der Waals surface area contributed by atoms with E-state index in [0.29, 0.717) is 5.92 Å². The summed E-state index contributed by atoms with van der Waals surface area (Å²) in [7, 11) is 0. The second-order valence-electron chi connectivity index (χ2n) is 6.22. The molecule has 4 rings (SSSR count). The Balaban J connectivity index is 1.93. The Bertz CT molecular complexity index is 746. The molecule has 0 spiro atoms. The molecule has 0 fully saturated rings. The van der Waals surface area contributed by atoms with E-state index in [1.165, 1.54) is 16.7 Å². The third kappa shape index (κ3) is 2.31. The molecule has 0 N–H and O–H groups in total. The number of rotatable bonds is 3. The number of allylic oxidation sites excluding steroid dienone is 2. The van der Waals surface area contributed by atoms with E-state index in [9.17, 15) is 0 Å². The van der Waals surface area contributed by atoms with E-state index in [0.717, 1.165) is 6.42 Å². The largest absolute Gasteiger partial charge is 0.0866 e. The standard InChI is InChI=1S/C23H20/c1-4-11-19(12-5-1)22-17-10-18-23(22,20-13-6-2-7-14-20)21-15-8-3-9-16-21/h1-17,22H,18H2/t22-/m1/s1. The number of hydrogen-bond donors (Lipinski definition) is 0. The maximum atomic E-state index is 2.38. The molecule has 0 bridgehead atoms.